The van der Waals surface area contributed by atoms with Crippen LogP contribution in [0, 0.1) is 0 Å². The summed E-state index contributed by atoms with van der Waals surface area (Å²) in [4.78, 5) is 14.2. The molecule has 3 aromatic rings. The Morgan fingerprint density at radius 2 is 1.86 bits per heavy atom. The first-order chi connectivity index (χ1) is 13.8. The summed E-state index contributed by atoms with van der Waals surface area (Å²) in [5.74, 6) is 0.955. The minimum Gasteiger partial charge on any atom is -0.367 e. The van der Waals surface area contributed by atoms with Gasteiger partial charge in [0, 0.05) is 30.6 Å². The van der Waals surface area contributed by atoms with Gasteiger partial charge < -0.3 is 5.32 Å². The van der Waals surface area contributed by atoms with Gasteiger partial charge in [0.2, 0.25) is 5.28 Å². The number of nitrogens with zero attached hydrogens (tertiary/aromatic N) is 3. The molecule has 0 amide bonds. The van der Waals surface area contributed by atoms with Crippen LogP contribution in [0.15, 0.2) is 30.3 Å². The predicted molar refractivity (Wildman–Crippen MR) is 117 cm³/mol. The van der Waals surface area contributed by atoms with E-state index in [9.17, 15) is 0 Å². The Balaban J connectivity index is 1.30. The summed E-state index contributed by atoms with van der Waals surface area (Å²) in [7, 11) is 0. The number of nitrogens with one attached hydrogen (secondary N) is 1. The van der Waals surface area contributed by atoms with Gasteiger partial charge >= 0.3 is 0 Å². The van der Waals surface area contributed by atoms with Crippen molar-refractivity contribution in [2.75, 3.05) is 18.4 Å². The normalized spacial score (nSPS) is 18.3. The van der Waals surface area contributed by atoms with Crippen LogP contribution in [0.4, 0.5) is 5.82 Å². The lowest BCUT2D eigenvalue weighted by molar-refractivity contribution is 0.211. The Hall–Kier alpha value is -1.69. The van der Waals surface area contributed by atoms with Crippen molar-refractivity contribution in [2.24, 2.45) is 0 Å². The number of likely N-dealkylation sites (tertiary alicyclic amines) is 1. The molecule has 146 valence electrons. The number of hydrogen-bond acceptors (Lipinski definition) is 5. The second-order valence-electron chi connectivity index (χ2n) is 7.91. The van der Waals surface area contributed by atoms with Crippen molar-refractivity contribution in [1.29, 1.82) is 0 Å². The van der Waals surface area contributed by atoms with E-state index < -0.39 is 0 Å². The van der Waals surface area contributed by atoms with E-state index in [4.69, 9.17) is 11.6 Å². The molecule has 1 aromatic carbocycles. The highest BCUT2D eigenvalue weighted by atomic mass is 35.5. The van der Waals surface area contributed by atoms with Crippen LogP contribution in [-0.2, 0) is 19.4 Å². The van der Waals surface area contributed by atoms with Gasteiger partial charge in [-0.2, -0.15) is 0 Å². The zero-order chi connectivity index (χ0) is 18.9. The maximum absolute atomic E-state index is 6.25. The SMILES string of the molecule is Clc1nc(NC2CCN(Cc3ccccc3)CC2)c2c3c(sc2n1)CCCC3. The second kappa shape index (κ2) is 7.97. The number of fused-ring (bicyclic) bond motifs is 3. The van der Waals surface area contributed by atoms with Crippen LogP contribution in [-0.4, -0.2) is 34.0 Å². The topological polar surface area (TPSA) is 41.1 Å². The second-order valence-corrected chi connectivity index (χ2v) is 9.33. The summed E-state index contributed by atoms with van der Waals surface area (Å²) in [6.45, 7) is 3.25. The molecule has 5 rings (SSSR count). The van der Waals surface area contributed by atoms with E-state index in [0.717, 1.165) is 49.5 Å². The number of rotatable bonds is 4. The standard InChI is InChI=1S/C22H25ClN4S/c23-22-25-20(19-17-8-4-5-9-18(17)28-21(19)26-22)24-16-10-12-27(13-11-16)14-15-6-2-1-3-7-15/h1-3,6-7,16H,4-5,8-14H2,(H,24,25,26). The summed E-state index contributed by atoms with van der Waals surface area (Å²) in [6, 6.07) is 11.2. The first kappa shape index (κ1) is 18.3. The number of aromatic nitrogens is 2. The molecule has 0 atom stereocenters. The third-order valence-electron chi connectivity index (χ3n) is 5.96. The van der Waals surface area contributed by atoms with E-state index in [1.165, 1.54) is 40.7 Å². The third-order valence-corrected chi connectivity index (χ3v) is 7.32. The molecule has 1 fully saturated rings. The lowest BCUT2D eigenvalue weighted by Gasteiger charge is -2.32. The third kappa shape index (κ3) is 3.76. The van der Waals surface area contributed by atoms with Gasteiger partial charge in [-0.3, -0.25) is 4.90 Å². The van der Waals surface area contributed by atoms with E-state index in [0.29, 0.717) is 11.3 Å². The average molecular weight is 413 g/mol. The Morgan fingerprint density at radius 3 is 2.68 bits per heavy atom. The van der Waals surface area contributed by atoms with Gasteiger partial charge in [-0.25, -0.2) is 9.97 Å². The Kier molecular flexibility index (Phi) is 5.22. The summed E-state index contributed by atoms with van der Waals surface area (Å²) in [5.41, 5.74) is 2.86. The van der Waals surface area contributed by atoms with Gasteiger partial charge in [-0.05, 0) is 61.3 Å². The highest BCUT2D eigenvalue weighted by Gasteiger charge is 2.24. The van der Waals surface area contributed by atoms with E-state index in [-0.39, 0.29) is 0 Å². The van der Waals surface area contributed by atoms with Crippen LogP contribution in [0.25, 0.3) is 10.2 Å². The molecule has 0 unspecified atom stereocenters. The minimum atomic E-state index is 0.357. The van der Waals surface area contributed by atoms with Crippen molar-refractivity contribution in [2.45, 2.75) is 51.1 Å². The highest BCUT2D eigenvalue weighted by molar-refractivity contribution is 7.19. The molecule has 4 nitrogen and oxygen atoms in total. The van der Waals surface area contributed by atoms with Gasteiger partial charge in [0.15, 0.2) is 0 Å². The molecule has 1 saturated heterocycles. The van der Waals surface area contributed by atoms with Crippen LogP contribution in [0.2, 0.25) is 5.28 Å². The molecular weight excluding hydrogens is 388 g/mol. The van der Waals surface area contributed by atoms with E-state index >= 15 is 0 Å². The number of aryl methyl sites for hydroxylation is 2. The zero-order valence-electron chi connectivity index (χ0n) is 16.0. The predicted octanol–water partition coefficient (Wildman–Crippen LogP) is 5.30. The van der Waals surface area contributed by atoms with Gasteiger partial charge in [-0.1, -0.05) is 30.3 Å². The van der Waals surface area contributed by atoms with Crippen molar-refractivity contribution >= 4 is 39.0 Å². The van der Waals surface area contributed by atoms with Gasteiger partial charge in [0.05, 0.1) is 5.39 Å². The maximum Gasteiger partial charge on any atom is 0.225 e. The summed E-state index contributed by atoms with van der Waals surface area (Å²) in [5, 5.41) is 5.32. The Bertz CT molecular complexity index is 964. The summed E-state index contributed by atoms with van der Waals surface area (Å²) < 4.78 is 0. The van der Waals surface area contributed by atoms with Crippen LogP contribution in [0.3, 0.4) is 0 Å². The highest BCUT2D eigenvalue weighted by Crippen LogP contribution is 2.39. The fourth-order valence-electron chi connectivity index (χ4n) is 4.51. The van der Waals surface area contributed by atoms with Crippen LogP contribution in [0.1, 0.15) is 41.7 Å². The maximum atomic E-state index is 6.25. The molecule has 28 heavy (non-hydrogen) atoms. The Labute approximate surface area is 175 Å². The quantitative estimate of drug-likeness (QED) is 0.590. The molecule has 1 N–H and O–H groups in total. The lowest BCUT2D eigenvalue weighted by atomic mass is 9.96. The van der Waals surface area contributed by atoms with E-state index in [1.54, 1.807) is 0 Å². The fourth-order valence-corrected chi connectivity index (χ4v) is 5.99. The van der Waals surface area contributed by atoms with Crippen LogP contribution in [0.5, 0.6) is 0 Å². The number of halogens is 1. The Morgan fingerprint density at radius 1 is 1.07 bits per heavy atom. The number of anilines is 1. The lowest BCUT2D eigenvalue weighted by Crippen LogP contribution is -2.38. The number of hydrogen-bond donors (Lipinski definition) is 1. The van der Waals surface area contributed by atoms with E-state index in [1.807, 2.05) is 11.3 Å². The largest absolute Gasteiger partial charge is 0.367 e. The molecule has 0 bridgehead atoms. The van der Waals surface area contributed by atoms with Crippen molar-refractivity contribution in [1.82, 2.24) is 14.9 Å². The van der Waals surface area contributed by atoms with Gasteiger partial charge in [0.25, 0.3) is 0 Å². The molecular formula is C22H25ClN4S. The molecule has 0 saturated carbocycles. The van der Waals surface area contributed by atoms with Gasteiger partial charge in [0.1, 0.15) is 10.6 Å². The smallest absolute Gasteiger partial charge is 0.225 e. The zero-order valence-corrected chi connectivity index (χ0v) is 17.5. The molecule has 3 heterocycles. The van der Waals surface area contributed by atoms with Crippen molar-refractivity contribution in [3.63, 3.8) is 0 Å². The molecule has 2 aromatic heterocycles. The number of thiophene rings is 1. The molecule has 2 aliphatic rings. The summed E-state index contributed by atoms with van der Waals surface area (Å²) >= 11 is 8.06. The molecule has 1 aliphatic heterocycles. The van der Waals surface area contributed by atoms with Crippen molar-refractivity contribution in [3.05, 3.63) is 51.6 Å². The first-order valence-corrected chi connectivity index (χ1v) is 11.5. The molecule has 6 heteroatoms. The minimum absolute atomic E-state index is 0.357. The van der Waals surface area contributed by atoms with Crippen LogP contribution < -0.4 is 5.32 Å². The fraction of sp³-hybridized carbons (Fsp3) is 0.455. The van der Waals surface area contributed by atoms with Crippen LogP contribution >= 0.6 is 22.9 Å². The molecule has 0 radical (unpaired) electrons. The van der Waals surface area contributed by atoms with Crippen molar-refractivity contribution < 1.29 is 0 Å². The first-order valence-electron chi connectivity index (χ1n) is 10.3. The monoisotopic (exact) mass is 412 g/mol. The average Bonchev–Trinajstić information content (AvgIpc) is 3.08. The van der Waals surface area contributed by atoms with Gasteiger partial charge in [-0.15, -0.1) is 11.3 Å². The number of piperidine rings is 1. The van der Waals surface area contributed by atoms with Crippen molar-refractivity contribution in [3.8, 4) is 0 Å². The molecule has 0 spiro atoms. The van der Waals surface area contributed by atoms with E-state index in [2.05, 4.69) is 50.5 Å². The summed E-state index contributed by atoms with van der Waals surface area (Å²) in [6.07, 6.45) is 7.11. The molecule has 1 aliphatic carbocycles. The number of benzene rings is 1.